The van der Waals surface area contributed by atoms with Gasteiger partial charge in [0.25, 0.3) is 0 Å². The maximum atomic E-state index is 11.5. The Kier molecular flexibility index (Phi) is 3.54. The Labute approximate surface area is 127 Å². The topological polar surface area (TPSA) is 42.0 Å². The minimum Gasteiger partial charge on any atom is -0.322 e. The van der Waals surface area contributed by atoms with Crippen molar-refractivity contribution in [3.8, 4) is 10.6 Å². The molecule has 2 aromatic carbocycles. The second kappa shape index (κ2) is 5.50. The number of nitrogens with zero attached hydrogens (tertiary/aromatic N) is 1. The van der Waals surface area contributed by atoms with Gasteiger partial charge in [0.15, 0.2) is 0 Å². The maximum absolute atomic E-state index is 11.5. The van der Waals surface area contributed by atoms with Crippen LogP contribution >= 0.6 is 11.3 Å². The number of aryl methyl sites for hydroxylation is 1. The molecule has 0 aliphatic rings. The molecule has 1 aromatic heterocycles. The van der Waals surface area contributed by atoms with E-state index < -0.39 is 0 Å². The zero-order valence-corrected chi connectivity index (χ0v) is 12.4. The van der Waals surface area contributed by atoms with Gasteiger partial charge >= 0.3 is 0 Å². The quantitative estimate of drug-likeness (QED) is 0.728. The lowest BCUT2D eigenvalue weighted by Gasteiger charge is -2.08. The van der Waals surface area contributed by atoms with Crippen LogP contribution in [-0.4, -0.2) is 10.9 Å². The second-order valence-electron chi connectivity index (χ2n) is 4.71. The van der Waals surface area contributed by atoms with Crippen LogP contribution in [0, 0.1) is 6.92 Å². The number of carbonyl (C=O) groups excluding carboxylic acids is 1. The molecule has 1 N–H and O–H groups in total. The van der Waals surface area contributed by atoms with Crippen LogP contribution in [0.15, 0.2) is 55.1 Å². The molecule has 104 valence electrons. The summed E-state index contributed by atoms with van der Waals surface area (Å²) in [6.07, 6.45) is 1.27. The summed E-state index contributed by atoms with van der Waals surface area (Å²) >= 11 is 1.65. The summed E-state index contributed by atoms with van der Waals surface area (Å²) in [7, 11) is 0. The molecule has 0 saturated heterocycles. The molecule has 1 amide bonds. The highest BCUT2D eigenvalue weighted by molar-refractivity contribution is 7.21. The van der Waals surface area contributed by atoms with Crippen LogP contribution in [0.5, 0.6) is 0 Å². The number of nitrogens with one attached hydrogen (secondary N) is 1. The van der Waals surface area contributed by atoms with Crippen molar-refractivity contribution in [3.05, 3.63) is 60.7 Å². The molecule has 0 atom stereocenters. The zero-order valence-electron chi connectivity index (χ0n) is 11.6. The number of anilines is 1. The SMILES string of the molecule is C=CC(=O)Nc1cc(-c2nc3ccccc3s2)ccc1C. The molecule has 0 spiro atoms. The van der Waals surface area contributed by atoms with Gasteiger partial charge in [-0.2, -0.15) is 0 Å². The minimum atomic E-state index is -0.209. The molecule has 3 nitrogen and oxygen atoms in total. The highest BCUT2D eigenvalue weighted by Gasteiger charge is 2.09. The molecule has 0 bridgehead atoms. The number of rotatable bonds is 3. The van der Waals surface area contributed by atoms with Gasteiger partial charge in [0.1, 0.15) is 5.01 Å². The summed E-state index contributed by atoms with van der Waals surface area (Å²) in [5, 5.41) is 3.77. The van der Waals surface area contributed by atoms with E-state index in [9.17, 15) is 4.79 Å². The highest BCUT2D eigenvalue weighted by atomic mass is 32.1. The van der Waals surface area contributed by atoms with Crippen molar-refractivity contribution in [2.24, 2.45) is 0 Å². The van der Waals surface area contributed by atoms with Crippen LogP contribution < -0.4 is 5.32 Å². The molecule has 0 saturated carbocycles. The number of hydrogen-bond donors (Lipinski definition) is 1. The first kappa shape index (κ1) is 13.5. The van der Waals surface area contributed by atoms with Gasteiger partial charge in [-0.3, -0.25) is 4.79 Å². The van der Waals surface area contributed by atoms with Crippen molar-refractivity contribution >= 4 is 33.1 Å². The van der Waals surface area contributed by atoms with Crippen LogP contribution in [-0.2, 0) is 4.79 Å². The fourth-order valence-corrected chi connectivity index (χ4v) is 3.03. The lowest BCUT2D eigenvalue weighted by molar-refractivity contribution is -0.111. The van der Waals surface area contributed by atoms with Gasteiger partial charge < -0.3 is 5.32 Å². The van der Waals surface area contributed by atoms with E-state index in [1.54, 1.807) is 11.3 Å². The molecule has 0 aliphatic carbocycles. The molecular formula is C17H14N2OS. The molecule has 0 aliphatic heterocycles. The minimum absolute atomic E-state index is 0.209. The van der Waals surface area contributed by atoms with E-state index in [1.165, 1.54) is 6.08 Å². The zero-order chi connectivity index (χ0) is 14.8. The summed E-state index contributed by atoms with van der Waals surface area (Å²) in [5.41, 5.74) is 3.79. The molecule has 0 radical (unpaired) electrons. The lowest BCUT2D eigenvalue weighted by atomic mass is 10.1. The largest absolute Gasteiger partial charge is 0.322 e. The fourth-order valence-electron chi connectivity index (χ4n) is 2.07. The smallest absolute Gasteiger partial charge is 0.247 e. The Hall–Kier alpha value is -2.46. The number of amides is 1. The normalized spacial score (nSPS) is 10.5. The van der Waals surface area contributed by atoms with Gasteiger partial charge in [-0.25, -0.2) is 4.98 Å². The van der Waals surface area contributed by atoms with Gasteiger partial charge in [-0.05, 0) is 36.8 Å². The first-order chi connectivity index (χ1) is 10.2. The van der Waals surface area contributed by atoms with E-state index in [0.29, 0.717) is 0 Å². The van der Waals surface area contributed by atoms with Crippen molar-refractivity contribution in [3.63, 3.8) is 0 Å². The standard InChI is InChI=1S/C17H14N2OS/c1-3-16(20)18-14-10-12(9-8-11(14)2)17-19-13-6-4-5-7-15(13)21-17/h3-10H,1H2,2H3,(H,18,20). The van der Waals surface area contributed by atoms with E-state index in [4.69, 9.17) is 0 Å². The van der Waals surface area contributed by atoms with Crippen LogP contribution in [0.1, 0.15) is 5.56 Å². The Morgan fingerprint density at radius 1 is 1.29 bits per heavy atom. The van der Waals surface area contributed by atoms with E-state index in [2.05, 4.69) is 22.9 Å². The molecule has 21 heavy (non-hydrogen) atoms. The van der Waals surface area contributed by atoms with Gasteiger partial charge in [-0.15, -0.1) is 11.3 Å². The van der Waals surface area contributed by atoms with Crippen molar-refractivity contribution in [2.45, 2.75) is 6.92 Å². The van der Waals surface area contributed by atoms with Gasteiger partial charge in [0.2, 0.25) is 5.91 Å². The summed E-state index contributed by atoms with van der Waals surface area (Å²) in [6, 6.07) is 14.0. The first-order valence-electron chi connectivity index (χ1n) is 6.57. The number of aromatic nitrogens is 1. The lowest BCUT2D eigenvalue weighted by Crippen LogP contribution is -2.08. The van der Waals surface area contributed by atoms with Crippen molar-refractivity contribution < 1.29 is 4.79 Å². The Balaban J connectivity index is 2.03. The van der Waals surface area contributed by atoms with E-state index >= 15 is 0 Å². The molecule has 4 heteroatoms. The monoisotopic (exact) mass is 294 g/mol. The fraction of sp³-hybridized carbons (Fsp3) is 0.0588. The third kappa shape index (κ3) is 2.71. The van der Waals surface area contributed by atoms with Crippen molar-refractivity contribution in [2.75, 3.05) is 5.32 Å². The van der Waals surface area contributed by atoms with E-state index in [-0.39, 0.29) is 5.91 Å². The van der Waals surface area contributed by atoms with Gasteiger partial charge in [-0.1, -0.05) is 30.8 Å². The highest BCUT2D eigenvalue weighted by Crippen LogP contribution is 2.32. The summed E-state index contributed by atoms with van der Waals surface area (Å²) in [4.78, 5) is 16.1. The predicted molar refractivity (Wildman–Crippen MR) is 88.6 cm³/mol. The average molecular weight is 294 g/mol. The second-order valence-corrected chi connectivity index (χ2v) is 5.74. The van der Waals surface area contributed by atoms with E-state index in [1.807, 2.05) is 43.3 Å². The number of benzene rings is 2. The van der Waals surface area contributed by atoms with Crippen LogP contribution in [0.3, 0.4) is 0 Å². The number of para-hydroxylation sites is 1. The number of thiazole rings is 1. The summed E-state index contributed by atoms with van der Waals surface area (Å²) < 4.78 is 1.16. The third-order valence-corrected chi connectivity index (χ3v) is 4.31. The van der Waals surface area contributed by atoms with Crippen molar-refractivity contribution in [1.82, 2.24) is 4.98 Å². The molecule has 0 fully saturated rings. The Morgan fingerprint density at radius 2 is 2.10 bits per heavy atom. The first-order valence-corrected chi connectivity index (χ1v) is 7.39. The molecule has 1 heterocycles. The molecule has 0 unspecified atom stereocenters. The average Bonchev–Trinajstić information content (AvgIpc) is 2.93. The Morgan fingerprint density at radius 3 is 2.86 bits per heavy atom. The number of carbonyl (C=O) groups is 1. The molecule has 3 rings (SSSR count). The van der Waals surface area contributed by atoms with Crippen LogP contribution in [0.25, 0.3) is 20.8 Å². The third-order valence-electron chi connectivity index (χ3n) is 3.22. The summed E-state index contributed by atoms with van der Waals surface area (Å²) in [5.74, 6) is -0.209. The summed E-state index contributed by atoms with van der Waals surface area (Å²) in [6.45, 7) is 5.43. The maximum Gasteiger partial charge on any atom is 0.247 e. The molecule has 3 aromatic rings. The van der Waals surface area contributed by atoms with Gasteiger partial charge in [0.05, 0.1) is 10.2 Å². The van der Waals surface area contributed by atoms with Gasteiger partial charge in [0, 0.05) is 11.3 Å². The number of fused-ring (bicyclic) bond motifs is 1. The Bertz CT molecular complexity index is 803. The van der Waals surface area contributed by atoms with Crippen LogP contribution in [0.4, 0.5) is 5.69 Å². The molecular weight excluding hydrogens is 280 g/mol. The number of hydrogen-bond acceptors (Lipinski definition) is 3. The van der Waals surface area contributed by atoms with Crippen LogP contribution in [0.2, 0.25) is 0 Å². The van der Waals surface area contributed by atoms with E-state index in [0.717, 1.165) is 32.0 Å². The predicted octanol–water partition coefficient (Wildman–Crippen LogP) is 4.40. The van der Waals surface area contributed by atoms with Crippen molar-refractivity contribution in [1.29, 1.82) is 0 Å².